The topological polar surface area (TPSA) is 40.6 Å². The van der Waals surface area contributed by atoms with Crippen LogP contribution in [0.5, 0.6) is 0 Å². The zero-order valence-electron chi connectivity index (χ0n) is 21.7. The van der Waals surface area contributed by atoms with Crippen LogP contribution >= 0.6 is 0 Å². The van der Waals surface area contributed by atoms with E-state index in [1.165, 1.54) is 17.6 Å². The van der Waals surface area contributed by atoms with Crippen LogP contribution in [0, 0.1) is 34.5 Å². The number of piperazine rings is 1. The Hall–Kier alpha value is -1.78. The van der Waals surface area contributed by atoms with Crippen molar-refractivity contribution in [2.24, 2.45) is 34.5 Å². The molecule has 1 aromatic carbocycles. The van der Waals surface area contributed by atoms with Crippen molar-refractivity contribution in [2.45, 2.75) is 65.3 Å². The Labute approximate surface area is 211 Å². The minimum absolute atomic E-state index is 0.0865. The van der Waals surface area contributed by atoms with Gasteiger partial charge in [0.2, 0.25) is 0 Å². The smallest absolute Gasteiger partial charge is 0.155 e. The molecule has 5 aliphatic rings. The molecular weight excluding hydrogens is 432 g/mol. The molecule has 4 aliphatic carbocycles. The number of nitrogens with zero attached hydrogens (tertiary/aromatic N) is 2. The molecule has 4 fully saturated rings. The van der Waals surface area contributed by atoms with Gasteiger partial charge in [-0.25, -0.2) is 0 Å². The van der Waals surface area contributed by atoms with Gasteiger partial charge in [0.1, 0.15) is 5.78 Å². The molecule has 1 aromatic rings. The van der Waals surface area contributed by atoms with Gasteiger partial charge in [0, 0.05) is 57.5 Å². The summed E-state index contributed by atoms with van der Waals surface area (Å²) in [5.74, 6) is 3.16. The Morgan fingerprint density at radius 3 is 2.34 bits per heavy atom. The minimum Gasteiger partial charge on any atom is -0.300 e. The van der Waals surface area contributed by atoms with Gasteiger partial charge < -0.3 is 4.90 Å². The van der Waals surface area contributed by atoms with Crippen molar-refractivity contribution in [3.05, 3.63) is 47.5 Å². The first kappa shape index (κ1) is 23.6. The van der Waals surface area contributed by atoms with E-state index >= 15 is 0 Å². The maximum absolute atomic E-state index is 12.9. The summed E-state index contributed by atoms with van der Waals surface area (Å²) in [7, 11) is 0. The van der Waals surface area contributed by atoms with Gasteiger partial charge in [0.25, 0.3) is 0 Å². The second-order valence-corrected chi connectivity index (χ2v) is 12.8. The van der Waals surface area contributed by atoms with Crippen LogP contribution in [-0.4, -0.2) is 54.1 Å². The Kier molecular flexibility index (Phi) is 6.04. The summed E-state index contributed by atoms with van der Waals surface area (Å²) in [6, 6.07) is 10.8. The van der Waals surface area contributed by atoms with Crippen molar-refractivity contribution >= 4 is 11.6 Å². The van der Waals surface area contributed by atoms with E-state index in [4.69, 9.17) is 0 Å². The lowest BCUT2D eigenvalue weighted by Crippen LogP contribution is -2.55. The predicted octanol–water partition coefficient (Wildman–Crippen LogP) is 5.13. The lowest BCUT2D eigenvalue weighted by Gasteiger charge is -2.59. The molecule has 4 nitrogen and oxygen atoms in total. The maximum Gasteiger partial charge on any atom is 0.155 e. The summed E-state index contributed by atoms with van der Waals surface area (Å²) >= 11 is 0. The molecule has 1 aliphatic heterocycles. The first-order chi connectivity index (χ1) is 16.9. The molecule has 6 atom stereocenters. The van der Waals surface area contributed by atoms with E-state index in [0.29, 0.717) is 41.7 Å². The molecule has 0 aromatic heterocycles. The third kappa shape index (κ3) is 4.05. The quantitative estimate of drug-likeness (QED) is 0.607. The standard InChI is InChI=1S/C31H42N2O2/c1-30-12-10-24(34)19-28(30)23(18-25-26-8-9-29(35)31(26,2)13-11-27(25)30)21-33-16-14-32(15-17-33)20-22-6-4-3-5-7-22/h3-7,19,23,25-27H,8-18,20-21H2,1-2H3/t23-,25+,26+,27+,30-,31+/m1/s1. The number of hydrogen-bond donors (Lipinski definition) is 0. The van der Waals surface area contributed by atoms with Crippen LogP contribution in [0.1, 0.15) is 64.4 Å². The van der Waals surface area contributed by atoms with Crippen LogP contribution in [0.2, 0.25) is 0 Å². The fourth-order valence-electron chi connectivity index (χ4n) is 9.01. The van der Waals surface area contributed by atoms with Crippen LogP contribution in [0.3, 0.4) is 0 Å². The van der Waals surface area contributed by atoms with Gasteiger partial charge in [-0.15, -0.1) is 0 Å². The van der Waals surface area contributed by atoms with Crippen LogP contribution in [0.4, 0.5) is 0 Å². The van der Waals surface area contributed by atoms with Crippen LogP contribution in [-0.2, 0) is 16.1 Å². The molecule has 1 heterocycles. The number of fused-ring (bicyclic) bond motifs is 5. The third-order valence-corrected chi connectivity index (χ3v) is 11.0. The number of carbonyl (C=O) groups is 2. The predicted molar refractivity (Wildman–Crippen MR) is 139 cm³/mol. The molecule has 0 bridgehead atoms. The molecule has 0 N–H and O–H groups in total. The minimum atomic E-state index is -0.0865. The molecule has 0 unspecified atom stereocenters. The SMILES string of the molecule is C[C@]12CCC(=O)C=C1[C@@H](CN1CCN(Cc3ccccc3)CC1)C[C@@H]1[C@@H]2CC[C@]2(C)C(=O)CC[C@@H]12. The lowest BCUT2D eigenvalue weighted by atomic mass is 9.45. The average Bonchev–Trinajstić information content (AvgIpc) is 3.16. The van der Waals surface area contributed by atoms with Gasteiger partial charge in [-0.1, -0.05) is 49.8 Å². The van der Waals surface area contributed by atoms with Gasteiger partial charge in [-0.3, -0.25) is 14.5 Å². The van der Waals surface area contributed by atoms with Gasteiger partial charge in [0.15, 0.2) is 5.78 Å². The number of benzene rings is 1. The van der Waals surface area contributed by atoms with Crippen molar-refractivity contribution in [2.75, 3.05) is 32.7 Å². The van der Waals surface area contributed by atoms with Gasteiger partial charge in [0.05, 0.1) is 0 Å². The largest absolute Gasteiger partial charge is 0.300 e. The summed E-state index contributed by atoms with van der Waals surface area (Å²) in [5.41, 5.74) is 2.92. The van der Waals surface area contributed by atoms with E-state index in [-0.39, 0.29) is 10.8 Å². The summed E-state index contributed by atoms with van der Waals surface area (Å²) in [6.45, 7) is 11.3. The normalized spacial score (nSPS) is 40.1. The maximum atomic E-state index is 12.9. The van der Waals surface area contributed by atoms with E-state index in [0.717, 1.165) is 71.4 Å². The van der Waals surface area contributed by atoms with E-state index in [1.807, 2.05) is 0 Å². The number of carbonyl (C=O) groups excluding carboxylic acids is 2. The van der Waals surface area contributed by atoms with E-state index in [1.54, 1.807) is 0 Å². The Morgan fingerprint density at radius 1 is 0.857 bits per heavy atom. The van der Waals surface area contributed by atoms with Crippen molar-refractivity contribution in [1.82, 2.24) is 9.80 Å². The van der Waals surface area contributed by atoms with Crippen LogP contribution in [0.25, 0.3) is 0 Å². The van der Waals surface area contributed by atoms with E-state index < -0.39 is 0 Å². The first-order valence-corrected chi connectivity index (χ1v) is 14.1. The summed E-state index contributed by atoms with van der Waals surface area (Å²) in [4.78, 5) is 30.7. The molecule has 35 heavy (non-hydrogen) atoms. The number of ketones is 2. The number of rotatable bonds is 4. The molecule has 188 valence electrons. The fourth-order valence-corrected chi connectivity index (χ4v) is 9.01. The highest BCUT2D eigenvalue weighted by molar-refractivity contribution is 5.92. The summed E-state index contributed by atoms with van der Waals surface area (Å²) in [6.07, 6.45) is 9.07. The van der Waals surface area contributed by atoms with Crippen LogP contribution < -0.4 is 0 Å². The highest BCUT2D eigenvalue weighted by Crippen LogP contribution is 2.65. The van der Waals surface area contributed by atoms with Gasteiger partial charge in [-0.2, -0.15) is 0 Å². The Balaban J connectivity index is 1.19. The zero-order chi connectivity index (χ0) is 24.2. The van der Waals surface area contributed by atoms with Gasteiger partial charge >= 0.3 is 0 Å². The number of Topliss-reactive ketones (excluding diaryl/α,β-unsaturated/α-hetero) is 1. The average molecular weight is 475 g/mol. The summed E-state index contributed by atoms with van der Waals surface area (Å²) in [5, 5.41) is 0. The zero-order valence-corrected chi connectivity index (χ0v) is 21.7. The first-order valence-electron chi connectivity index (χ1n) is 14.1. The highest BCUT2D eigenvalue weighted by Gasteiger charge is 2.60. The molecule has 4 heteroatoms. The summed E-state index contributed by atoms with van der Waals surface area (Å²) < 4.78 is 0. The van der Waals surface area contributed by atoms with E-state index in [2.05, 4.69) is 60.1 Å². The molecule has 0 amide bonds. The van der Waals surface area contributed by atoms with Gasteiger partial charge in [-0.05, 0) is 72.8 Å². The highest BCUT2D eigenvalue weighted by atomic mass is 16.1. The number of hydrogen-bond acceptors (Lipinski definition) is 4. The van der Waals surface area contributed by atoms with Crippen molar-refractivity contribution in [3.8, 4) is 0 Å². The second kappa shape index (κ2) is 8.95. The Morgan fingerprint density at radius 2 is 1.57 bits per heavy atom. The van der Waals surface area contributed by atoms with E-state index in [9.17, 15) is 9.59 Å². The third-order valence-electron chi connectivity index (χ3n) is 11.0. The van der Waals surface area contributed by atoms with Crippen molar-refractivity contribution in [1.29, 1.82) is 0 Å². The van der Waals surface area contributed by atoms with Crippen LogP contribution in [0.15, 0.2) is 42.0 Å². The molecule has 0 radical (unpaired) electrons. The molecule has 3 saturated carbocycles. The Bertz CT molecular complexity index is 1010. The molecular formula is C31H42N2O2. The second-order valence-electron chi connectivity index (χ2n) is 12.8. The molecule has 1 saturated heterocycles. The molecule has 0 spiro atoms. The monoisotopic (exact) mass is 474 g/mol. The van der Waals surface area contributed by atoms with Crippen molar-refractivity contribution in [3.63, 3.8) is 0 Å². The fraction of sp³-hybridized carbons (Fsp3) is 0.677. The molecule has 6 rings (SSSR count). The van der Waals surface area contributed by atoms with Crippen molar-refractivity contribution < 1.29 is 9.59 Å². The lowest BCUT2D eigenvalue weighted by molar-refractivity contribution is -0.133.